The minimum absolute atomic E-state index is 0.137. The summed E-state index contributed by atoms with van der Waals surface area (Å²) in [7, 11) is 0. The zero-order valence-corrected chi connectivity index (χ0v) is 11.0. The number of hydrogen-bond donors (Lipinski definition) is 2. The fraction of sp³-hybridized carbons (Fsp3) is 0.467. The Kier molecular flexibility index (Phi) is 4.39. The van der Waals surface area contributed by atoms with Gasteiger partial charge >= 0.3 is 0 Å². The maximum absolute atomic E-state index is 9.30. The van der Waals surface area contributed by atoms with E-state index < -0.39 is 0 Å². The van der Waals surface area contributed by atoms with E-state index in [0.717, 1.165) is 23.2 Å². The van der Waals surface area contributed by atoms with Crippen LogP contribution >= 0.6 is 0 Å². The molecular formula is C15H21NO2. The van der Waals surface area contributed by atoms with Gasteiger partial charge in [0.05, 0.1) is 13.2 Å². The topological polar surface area (TPSA) is 45.4 Å². The monoisotopic (exact) mass is 247 g/mol. The minimum Gasteiger partial charge on any atom is -0.460 e. The summed E-state index contributed by atoms with van der Waals surface area (Å²) in [6, 6.07) is 10.2. The van der Waals surface area contributed by atoms with E-state index >= 15 is 0 Å². The number of fused-ring (bicyclic) bond motifs is 1. The summed E-state index contributed by atoms with van der Waals surface area (Å²) in [5.74, 6) is 1.49. The molecule has 1 aromatic carbocycles. The number of aliphatic hydroxyl groups is 1. The predicted octanol–water partition coefficient (Wildman–Crippen LogP) is 2.93. The molecular weight excluding hydrogens is 226 g/mol. The highest BCUT2D eigenvalue weighted by Crippen LogP contribution is 2.18. The van der Waals surface area contributed by atoms with Gasteiger partial charge in [0.1, 0.15) is 11.3 Å². The Hall–Kier alpha value is -1.32. The first kappa shape index (κ1) is 13.1. The first-order valence-electron chi connectivity index (χ1n) is 6.50. The predicted molar refractivity (Wildman–Crippen MR) is 73.4 cm³/mol. The lowest BCUT2D eigenvalue weighted by molar-refractivity contribution is 0.221. The summed E-state index contributed by atoms with van der Waals surface area (Å²) in [4.78, 5) is 0. The molecule has 98 valence electrons. The molecule has 0 amide bonds. The summed E-state index contributed by atoms with van der Waals surface area (Å²) >= 11 is 0. The largest absolute Gasteiger partial charge is 0.460 e. The van der Waals surface area contributed by atoms with Crippen LogP contribution in [-0.4, -0.2) is 17.8 Å². The Bertz CT molecular complexity index is 457. The van der Waals surface area contributed by atoms with E-state index in [4.69, 9.17) is 4.42 Å². The zero-order chi connectivity index (χ0) is 13.0. The van der Waals surface area contributed by atoms with Gasteiger partial charge in [0.15, 0.2) is 0 Å². The molecule has 1 heterocycles. The molecule has 0 bridgehead atoms. The number of rotatable bonds is 6. The maximum Gasteiger partial charge on any atom is 0.134 e. The first-order valence-corrected chi connectivity index (χ1v) is 6.50. The van der Waals surface area contributed by atoms with E-state index in [1.54, 1.807) is 0 Å². The first-order chi connectivity index (χ1) is 8.69. The lowest BCUT2D eigenvalue weighted by Crippen LogP contribution is -2.33. The smallest absolute Gasteiger partial charge is 0.134 e. The molecule has 3 nitrogen and oxygen atoms in total. The van der Waals surface area contributed by atoms with Gasteiger partial charge < -0.3 is 14.8 Å². The molecule has 0 spiro atoms. The molecule has 0 aliphatic rings. The average Bonchev–Trinajstić information content (AvgIpc) is 2.76. The van der Waals surface area contributed by atoms with Crippen molar-refractivity contribution >= 4 is 11.0 Å². The molecule has 2 N–H and O–H groups in total. The highest BCUT2D eigenvalue weighted by atomic mass is 16.3. The zero-order valence-electron chi connectivity index (χ0n) is 11.0. The molecule has 0 saturated carbocycles. The number of furan rings is 1. The van der Waals surface area contributed by atoms with Crippen molar-refractivity contribution < 1.29 is 9.52 Å². The molecule has 0 radical (unpaired) electrons. The second-order valence-corrected chi connectivity index (χ2v) is 5.14. The summed E-state index contributed by atoms with van der Waals surface area (Å²) in [5.41, 5.74) is 0.915. The van der Waals surface area contributed by atoms with Crippen molar-refractivity contribution in [3.63, 3.8) is 0 Å². The molecule has 0 aliphatic heterocycles. The minimum atomic E-state index is 0.137. The molecule has 3 heteroatoms. The van der Waals surface area contributed by atoms with Crippen LogP contribution < -0.4 is 5.32 Å². The van der Waals surface area contributed by atoms with Crippen LogP contribution in [0.5, 0.6) is 0 Å². The highest BCUT2D eigenvalue weighted by molar-refractivity contribution is 5.77. The van der Waals surface area contributed by atoms with E-state index in [1.165, 1.54) is 0 Å². The molecule has 1 unspecified atom stereocenters. The van der Waals surface area contributed by atoms with Gasteiger partial charge in [-0.2, -0.15) is 0 Å². The van der Waals surface area contributed by atoms with Crippen molar-refractivity contribution in [3.8, 4) is 0 Å². The van der Waals surface area contributed by atoms with Gasteiger partial charge in [-0.05, 0) is 24.5 Å². The van der Waals surface area contributed by atoms with E-state index in [-0.39, 0.29) is 12.6 Å². The lowest BCUT2D eigenvalue weighted by atomic mass is 10.0. The highest BCUT2D eigenvalue weighted by Gasteiger charge is 2.10. The van der Waals surface area contributed by atoms with Gasteiger partial charge in [-0.3, -0.25) is 0 Å². The Morgan fingerprint density at radius 1 is 1.28 bits per heavy atom. The fourth-order valence-corrected chi connectivity index (χ4v) is 2.16. The Morgan fingerprint density at radius 3 is 2.72 bits per heavy atom. The molecule has 2 rings (SSSR count). The molecule has 1 atom stereocenters. The van der Waals surface area contributed by atoms with Crippen LogP contribution in [0.15, 0.2) is 34.7 Å². The SMILES string of the molecule is CC(C)CC(CO)NCc1cc2ccccc2o1. The van der Waals surface area contributed by atoms with Crippen LogP contribution in [-0.2, 0) is 6.54 Å². The third kappa shape index (κ3) is 3.34. The second kappa shape index (κ2) is 6.03. The number of benzene rings is 1. The standard InChI is InChI=1S/C15H21NO2/c1-11(2)7-13(10-17)16-9-14-8-12-5-3-4-6-15(12)18-14/h3-6,8,11,13,16-17H,7,9-10H2,1-2H3. The van der Waals surface area contributed by atoms with Crippen LogP contribution in [0, 0.1) is 5.92 Å². The van der Waals surface area contributed by atoms with E-state index in [0.29, 0.717) is 12.5 Å². The van der Waals surface area contributed by atoms with Gasteiger partial charge in [-0.25, -0.2) is 0 Å². The summed E-state index contributed by atoms with van der Waals surface area (Å²) in [5, 5.41) is 13.8. The molecule has 1 aromatic heterocycles. The van der Waals surface area contributed by atoms with E-state index in [2.05, 4.69) is 19.2 Å². The molecule has 0 fully saturated rings. The van der Waals surface area contributed by atoms with Crippen LogP contribution in [0.3, 0.4) is 0 Å². The second-order valence-electron chi connectivity index (χ2n) is 5.14. The normalized spacial score (nSPS) is 13.3. The van der Waals surface area contributed by atoms with Gasteiger partial charge in [0.25, 0.3) is 0 Å². The van der Waals surface area contributed by atoms with Crippen molar-refractivity contribution in [1.82, 2.24) is 5.32 Å². The lowest BCUT2D eigenvalue weighted by Gasteiger charge is -2.17. The van der Waals surface area contributed by atoms with Crippen molar-refractivity contribution in [2.24, 2.45) is 5.92 Å². The number of nitrogens with one attached hydrogen (secondary N) is 1. The van der Waals surface area contributed by atoms with Crippen molar-refractivity contribution in [3.05, 3.63) is 36.1 Å². The molecule has 18 heavy (non-hydrogen) atoms. The van der Waals surface area contributed by atoms with Gasteiger partial charge in [-0.15, -0.1) is 0 Å². The third-order valence-corrected chi connectivity index (χ3v) is 3.02. The quantitative estimate of drug-likeness (QED) is 0.825. The van der Waals surface area contributed by atoms with E-state index in [9.17, 15) is 5.11 Å². The molecule has 0 saturated heterocycles. The average molecular weight is 247 g/mol. The summed E-state index contributed by atoms with van der Waals surface area (Å²) in [6.07, 6.45) is 0.969. The molecule has 2 aromatic rings. The number of hydrogen-bond acceptors (Lipinski definition) is 3. The van der Waals surface area contributed by atoms with Gasteiger partial charge in [0, 0.05) is 11.4 Å². The van der Waals surface area contributed by atoms with Crippen LogP contribution in [0.4, 0.5) is 0 Å². The van der Waals surface area contributed by atoms with Gasteiger partial charge in [0.2, 0.25) is 0 Å². The molecule has 0 aliphatic carbocycles. The third-order valence-electron chi connectivity index (χ3n) is 3.02. The van der Waals surface area contributed by atoms with Crippen molar-refractivity contribution in [1.29, 1.82) is 0 Å². The Balaban J connectivity index is 1.96. The van der Waals surface area contributed by atoms with Gasteiger partial charge in [-0.1, -0.05) is 32.0 Å². The number of para-hydroxylation sites is 1. The van der Waals surface area contributed by atoms with Crippen molar-refractivity contribution in [2.75, 3.05) is 6.61 Å². The summed E-state index contributed by atoms with van der Waals surface area (Å²) < 4.78 is 5.72. The van der Waals surface area contributed by atoms with Crippen LogP contribution in [0.25, 0.3) is 11.0 Å². The van der Waals surface area contributed by atoms with Crippen LogP contribution in [0.2, 0.25) is 0 Å². The van der Waals surface area contributed by atoms with Crippen molar-refractivity contribution in [2.45, 2.75) is 32.9 Å². The maximum atomic E-state index is 9.30. The van der Waals surface area contributed by atoms with Crippen LogP contribution in [0.1, 0.15) is 26.0 Å². The summed E-state index contributed by atoms with van der Waals surface area (Å²) in [6.45, 7) is 5.14. The number of aliphatic hydroxyl groups excluding tert-OH is 1. The fourth-order valence-electron chi connectivity index (χ4n) is 2.16. The Morgan fingerprint density at radius 2 is 2.06 bits per heavy atom. The van der Waals surface area contributed by atoms with E-state index in [1.807, 2.05) is 30.3 Å². The Labute approximate surface area is 108 Å².